The maximum atomic E-state index is 12.7. The van der Waals surface area contributed by atoms with Gasteiger partial charge in [-0.05, 0) is 45.5 Å². The third-order valence-electron chi connectivity index (χ3n) is 4.35. The van der Waals surface area contributed by atoms with Crippen LogP contribution < -0.4 is 15.4 Å². The molecule has 128 valence electrons. The number of nitrogens with one attached hydrogen (secondary N) is 2. The van der Waals surface area contributed by atoms with Crippen LogP contribution in [0.4, 0.5) is 4.79 Å². The number of rotatable bonds is 2. The highest BCUT2D eigenvalue weighted by Crippen LogP contribution is 2.44. The minimum Gasteiger partial charge on any atom is -0.503 e. The average Bonchev–Trinajstić information content (AvgIpc) is 2.47. The summed E-state index contributed by atoms with van der Waals surface area (Å²) in [7, 11) is 1.45. The fourth-order valence-electron chi connectivity index (χ4n) is 3.32. The predicted molar refractivity (Wildman–Crippen MR) is 91.8 cm³/mol. The maximum absolute atomic E-state index is 12.7. The van der Waals surface area contributed by atoms with Crippen LogP contribution >= 0.6 is 15.9 Å². The third kappa shape index (κ3) is 2.88. The molecule has 0 fully saturated rings. The molecule has 0 unspecified atom stereocenters. The highest BCUT2D eigenvalue weighted by molar-refractivity contribution is 9.10. The molecule has 1 atom stereocenters. The Kier molecular flexibility index (Phi) is 4.07. The van der Waals surface area contributed by atoms with Crippen molar-refractivity contribution in [1.29, 1.82) is 0 Å². The van der Waals surface area contributed by atoms with E-state index in [2.05, 4.69) is 26.6 Å². The molecule has 3 rings (SSSR count). The van der Waals surface area contributed by atoms with Crippen molar-refractivity contribution in [2.45, 2.75) is 32.7 Å². The lowest BCUT2D eigenvalue weighted by Gasteiger charge is -2.38. The Morgan fingerprint density at radius 2 is 2.00 bits per heavy atom. The van der Waals surface area contributed by atoms with E-state index in [0.29, 0.717) is 34.1 Å². The van der Waals surface area contributed by atoms with E-state index in [1.807, 2.05) is 13.8 Å². The molecular formula is C17H19BrN2O4. The van der Waals surface area contributed by atoms with Crippen LogP contribution in [0.2, 0.25) is 0 Å². The molecule has 0 spiro atoms. The van der Waals surface area contributed by atoms with Crippen molar-refractivity contribution in [2.75, 3.05) is 7.11 Å². The number of halogens is 1. The highest BCUT2D eigenvalue weighted by atomic mass is 79.9. The molecule has 24 heavy (non-hydrogen) atoms. The van der Waals surface area contributed by atoms with Crippen molar-refractivity contribution in [3.63, 3.8) is 0 Å². The Bertz CT molecular complexity index is 770. The first-order chi connectivity index (χ1) is 11.2. The van der Waals surface area contributed by atoms with Crippen LogP contribution in [0.5, 0.6) is 11.5 Å². The minimum absolute atomic E-state index is 0.0157. The Hall–Kier alpha value is -2.02. The predicted octanol–water partition coefficient (Wildman–Crippen LogP) is 3.16. The first kappa shape index (κ1) is 16.8. The zero-order chi connectivity index (χ0) is 17.6. The zero-order valence-corrected chi connectivity index (χ0v) is 15.3. The van der Waals surface area contributed by atoms with E-state index in [1.165, 1.54) is 7.11 Å². The lowest BCUT2D eigenvalue weighted by atomic mass is 9.73. The van der Waals surface area contributed by atoms with Gasteiger partial charge in [0.1, 0.15) is 0 Å². The molecular weight excluding hydrogens is 376 g/mol. The molecule has 2 aliphatic rings. The van der Waals surface area contributed by atoms with E-state index >= 15 is 0 Å². The molecule has 0 bridgehead atoms. The van der Waals surface area contributed by atoms with Gasteiger partial charge in [0.05, 0.1) is 17.6 Å². The van der Waals surface area contributed by atoms with E-state index in [-0.39, 0.29) is 28.7 Å². The van der Waals surface area contributed by atoms with Crippen molar-refractivity contribution >= 4 is 27.7 Å². The van der Waals surface area contributed by atoms with Gasteiger partial charge in [-0.25, -0.2) is 4.79 Å². The van der Waals surface area contributed by atoms with Crippen molar-refractivity contribution in [2.24, 2.45) is 5.41 Å². The van der Waals surface area contributed by atoms with Crippen LogP contribution in [0, 0.1) is 5.41 Å². The van der Waals surface area contributed by atoms with E-state index in [4.69, 9.17) is 4.74 Å². The molecule has 7 heteroatoms. The Morgan fingerprint density at radius 3 is 2.67 bits per heavy atom. The number of urea groups is 1. The number of phenolic OH excluding ortho intramolecular Hbond substituents is 1. The highest BCUT2D eigenvalue weighted by Gasteiger charge is 2.40. The number of hydrogen-bond donors (Lipinski definition) is 3. The smallest absolute Gasteiger partial charge is 0.319 e. The summed E-state index contributed by atoms with van der Waals surface area (Å²) in [6.07, 6.45) is 1.06. The molecule has 0 saturated carbocycles. The number of ether oxygens (including phenoxy) is 1. The molecule has 3 N–H and O–H groups in total. The standard InChI is InChI=1S/C17H19BrN2O4/c1-17(2)6-10-13(11(21)7-17)14(20-16(23)19-10)8-4-9(18)15(22)12(5-8)24-3/h4-5,14,22H,6-7H2,1-3H3,(H2,19,20,23)/t14-/m0/s1. The fourth-order valence-corrected chi connectivity index (χ4v) is 3.78. The van der Waals surface area contributed by atoms with Crippen molar-refractivity contribution in [1.82, 2.24) is 10.6 Å². The topological polar surface area (TPSA) is 87.7 Å². The molecule has 1 aromatic rings. The number of phenols is 1. The number of aromatic hydroxyl groups is 1. The van der Waals surface area contributed by atoms with Gasteiger partial charge in [0.15, 0.2) is 17.3 Å². The van der Waals surface area contributed by atoms with Gasteiger partial charge in [-0.3, -0.25) is 4.79 Å². The van der Waals surface area contributed by atoms with Gasteiger partial charge in [-0.15, -0.1) is 0 Å². The lowest BCUT2D eigenvalue weighted by Crippen LogP contribution is -2.48. The number of benzene rings is 1. The van der Waals surface area contributed by atoms with Crippen molar-refractivity contribution < 1.29 is 19.4 Å². The monoisotopic (exact) mass is 394 g/mol. The number of hydrogen-bond acceptors (Lipinski definition) is 4. The van der Waals surface area contributed by atoms with Crippen LogP contribution in [-0.4, -0.2) is 24.0 Å². The number of carbonyl (C=O) groups is 2. The summed E-state index contributed by atoms with van der Waals surface area (Å²) in [5.74, 6) is 0.270. The number of ketones is 1. The quantitative estimate of drug-likeness (QED) is 0.718. The molecule has 0 saturated heterocycles. The zero-order valence-electron chi connectivity index (χ0n) is 13.7. The molecule has 1 aliphatic heterocycles. The van der Waals surface area contributed by atoms with Crippen molar-refractivity contribution in [3.8, 4) is 11.5 Å². The van der Waals surface area contributed by atoms with Gasteiger partial charge >= 0.3 is 6.03 Å². The number of carbonyl (C=O) groups excluding carboxylic acids is 2. The molecule has 1 aliphatic carbocycles. The lowest BCUT2D eigenvalue weighted by molar-refractivity contribution is -0.118. The normalized spacial score (nSPS) is 22.6. The number of methoxy groups -OCH3 is 1. The van der Waals surface area contributed by atoms with Crippen molar-refractivity contribution in [3.05, 3.63) is 33.4 Å². The van der Waals surface area contributed by atoms with E-state index in [0.717, 1.165) is 0 Å². The SMILES string of the molecule is COc1cc([C@@H]2NC(=O)NC3=C2C(=O)CC(C)(C)C3)cc(Br)c1O. The largest absolute Gasteiger partial charge is 0.503 e. The first-order valence-corrected chi connectivity index (χ1v) is 8.41. The summed E-state index contributed by atoms with van der Waals surface area (Å²) in [6, 6.07) is 2.41. The van der Waals surface area contributed by atoms with Gasteiger partial charge in [-0.1, -0.05) is 13.8 Å². The number of allylic oxidation sites excluding steroid dienone is 1. The number of Topliss-reactive ketones (excluding diaryl/α,β-unsaturated/α-hetero) is 1. The molecule has 1 heterocycles. The summed E-state index contributed by atoms with van der Waals surface area (Å²) >= 11 is 3.28. The Morgan fingerprint density at radius 1 is 1.29 bits per heavy atom. The summed E-state index contributed by atoms with van der Waals surface area (Å²) in [6.45, 7) is 4.02. The van der Waals surface area contributed by atoms with Crippen LogP contribution in [0.1, 0.15) is 38.3 Å². The molecule has 1 aromatic carbocycles. The van der Waals surface area contributed by atoms with Gasteiger partial charge in [-0.2, -0.15) is 0 Å². The summed E-state index contributed by atoms with van der Waals surface area (Å²) in [5, 5.41) is 15.6. The molecule has 0 radical (unpaired) electrons. The van der Waals surface area contributed by atoms with E-state index in [1.54, 1.807) is 12.1 Å². The van der Waals surface area contributed by atoms with Crippen LogP contribution in [0.15, 0.2) is 27.9 Å². The summed E-state index contributed by atoms with van der Waals surface area (Å²) in [4.78, 5) is 24.8. The second-order valence-electron chi connectivity index (χ2n) is 6.92. The first-order valence-electron chi connectivity index (χ1n) is 7.62. The average molecular weight is 395 g/mol. The Balaban J connectivity index is 2.12. The summed E-state index contributed by atoms with van der Waals surface area (Å²) < 4.78 is 5.61. The van der Waals surface area contributed by atoms with Crippen LogP contribution in [0.3, 0.4) is 0 Å². The van der Waals surface area contributed by atoms with Crippen LogP contribution in [0.25, 0.3) is 0 Å². The van der Waals surface area contributed by atoms with E-state index in [9.17, 15) is 14.7 Å². The molecule has 2 amide bonds. The van der Waals surface area contributed by atoms with Gasteiger partial charge in [0.2, 0.25) is 0 Å². The van der Waals surface area contributed by atoms with Gasteiger partial charge < -0.3 is 20.5 Å². The van der Waals surface area contributed by atoms with Gasteiger partial charge in [0.25, 0.3) is 0 Å². The number of amides is 2. The second-order valence-corrected chi connectivity index (χ2v) is 7.77. The summed E-state index contributed by atoms with van der Waals surface area (Å²) in [5.41, 5.74) is 1.74. The molecule has 6 nitrogen and oxygen atoms in total. The second kappa shape index (κ2) is 5.81. The molecule has 0 aromatic heterocycles. The Labute approximate surface area is 148 Å². The fraction of sp³-hybridized carbons (Fsp3) is 0.412. The minimum atomic E-state index is -0.567. The third-order valence-corrected chi connectivity index (χ3v) is 4.96. The van der Waals surface area contributed by atoms with Gasteiger partial charge in [0, 0.05) is 17.7 Å². The maximum Gasteiger partial charge on any atom is 0.319 e. The van der Waals surface area contributed by atoms with E-state index < -0.39 is 6.04 Å². The van der Waals surface area contributed by atoms with Crippen LogP contribution in [-0.2, 0) is 4.79 Å².